The monoisotopic (exact) mass is 479 g/mol. The average Bonchev–Trinajstić information content (AvgIpc) is 3.31. The van der Waals surface area contributed by atoms with Crippen molar-refractivity contribution in [2.24, 2.45) is 11.8 Å². The van der Waals surface area contributed by atoms with Gasteiger partial charge in [0.1, 0.15) is 6.04 Å². The largest absolute Gasteiger partial charge is 0.454 e. The molecule has 1 atom stereocenters. The number of nitrogens with one attached hydrogen (secondary N) is 2. The molecule has 0 bridgehead atoms. The Kier molecular flexibility index (Phi) is 7.58. The number of benzene rings is 2. The van der Waals surface area contributed by atoms with Crippen LogP contribution in [0.2, 0.25) is 0 Å². The number of nitrogens with zero attached hydrogens (tertiary/aromatic N) is 1. The van der Waals surface area contributed by atoms with Gasteiger partial charge in [-0.05, 0) is 55.9 Å². The lowest BCUT2D eigenvalue weighted by atomic mass is 9.94. The zero-order valence-electron chi connectivity index (χ0n) is 20.5. The topological polar surface area (TPSA) is 97.0 Å². The van der Waals surface area contributed by atoms with Crippen LogP contribution in [-0.2, 0) is 9.59 Å². The van der Waals surface area contributed by atoms with Crippen LogP contribution in [-0.4, -0.2) is 48.5 Å². The molecule has 2 aliphatic rings. The van der Waals surface area contributed by atoms with E-state index in [-0.39, 0.29) is 36.4 Å². The van der Waals surface area contributed by atoms with E-state index in [9.17, 15) is 14.4 Å². The maximum Gasteiger partial charge on any atom is 0.252 e. The summed E-state index contributed by atoms with van der Waals surface area (Å²) in [5, 5.41) is 5.91. The Hall–Kier alpha value is -3.55. The van der Waals surface area contributed by atoms with Crippen molar-refractivity contribution in [1.29, 1.82) is 0 Å². The Labute approximate surface area is 206 Å². The lowest BCUT2D eigenvalue weighted by molar-refractivity contribution is -0.136. The zero-order chi connectivity index (χ0) is 24.9. The number of aryl methyl sites for hydroxylation is 1. The summed E-state index contributed by atoms with van der Waals surface area (Å²) >= 11 is 0. The van der Waals surface area contributed by atoms with E-state index in [0.717, 1.165) is 5.56 Å². The number of likely N-dealkylation sites (tertiary alicyclic amines) is 1. The highest BCUT2D eigenvalue weighted by Crippen LogP contribution is 2.34. The molecule has 0 aromatic heterocycles. The Morgan fingerprint density at radius 1 is 1.03 bits per heavy atom. The van der Waals surface area contributed by atoms with Crippen molar-refractivity contribution in [2.45, 2.75) is 46.1 Å². The van der Waals surface area contributed by atoms with Gasteiger partial charge in [0, 0.05) is 36.3 Å². The number of ether oxygens (including phenoxy) is 2. The molecular formula is C27H33N3O5. The highest BCUT2D eigenvalue weighted by atomic mass is 16.7. The Morgan fingerprint density at radius 2 is 1.74 bits per heavy atom. The van der Waals surface area contributed by atoms with Crippen molar-refractivity contribution in [2.75, 3.05) is 25.2 Å². The van der Waals surface area contributed by atoms with Crippen LogP contribution in [0.25, 0.3) is 0 Å². The molecule has 186 valence electrons. The van der Waals surface area contributed by atoms with E-state index in [4.69, 9.17) is 9.47 Å². The molecule has 0 aliphatic carbocycles. The Morgan fingerprint density at radius 3 is 2.46 bits per heavy atom. The molecule has 4 rings (SSSR count). The number of piperidine rings is 1. The summed E-state index contributed by atoms with van der Waals surface area (Å²) in [5.41, 5.74) is 2.11. The average molecular weight is 480 g/mol. The molecule has 2 heterocycles. The van der Waals surface area contributed by atoms with Crippen LogP contribution in [0.1, 0.15) is 49.0 Å². The Balaban J connectivity index is 1.33. The molecule has 3 amide bonds. The standard InChI is InChI=1S/C27H33N3O5/c1-17(2)14-22(29-26(32)21-7-5-4-6-18(21)3)27(33)30-12-10-19(11-13-30)25(31)28-20-8-9-23-24(15-20)35-16-34-23/h4-9,15,17,19,22H,10-14,16H2,1-3H3,(H,28,31)(H,29,32). The second-order valence-corrected chi connectivity index (χ2v) is 9.63. The minimum Gasteiger partial charge on any atom is -0.454 e. The number of fused-ring (bicyclic) bond motifs is 1. The molecule has 1 unspecified atom stereocenters. The van der Waals surface area contributed by atoms with Crippen LogP contribution in [0.15, 0.2) is 42.5 Å². The number of carbonyl (C=O) groups excluding carboxylic acids is 3. The van der Waals surface area contributed by atoms with E-state index in [1.54, 1.807) is 29.2 Å². The van der Waals surface area contributed by atoms with Crippen LogP contribution in [0.3, 0.4) is 0 Å². The minimum atomic E-state index is -0.596. The highest BCUT2D eigenvalue weighted by Gasteiger charge is 2.32. The molecule has 0 spiro atoms. The second-order valence-electron chi connectivity index (χ2n) is 9.63. The number of hydrogen-bond acceptors (Lipinski definition) is 5. The van der Waals surface area contributed by atoms with Gasteiger partial charge in [0.05, 0.1) is 0 Å². The molecule has 8 heteroatoms. The van der Waals surface area contributed by atoms with Crippen LogP contribution in [0.4, 0.5) is 5.69 Å². The molecule has 2 N–H and O–H groups in total. The lowest BCUT2D eigenvalue weighted by Crippen LogP contribution is -2.52. The van der Waals surface area contributed by atoms with Gasteiger partial charge in [-0.25, -0.2) is 0 Å². The van der Waals surface area contributed by atoms with Crippen LogP contribution in [0, 0.1) is 18.8 Å². The molecule has 2 aromatic rings. The van der Waals surface area contributed by atoms with Crippen molar-refractivity contribution in [3.63, 3.8) is 0 Å². The first-order valence-corrected chi connectivity index (χ1v) is 12.2. The summed E-state index contributed by atoms with van der Waals surface area (Å²) in [7, 11) is 0. The fourth-order valence-corrected chi connectivity index (χ4v) is 4.56. The SMILES string of the molecule is Cc1ccccc1C(=O)NC(CC(C)C)C(=O)N1CCC(C(=O)Nc2ccc3c(c2)OCO3)CC1. The van der Waals surface area contributed by atoms with Crippen molar-refractivity contribution >= 4 is 23.4 Å². The normalized spacial score (nSPS) is 16.2. The van der Waals surface area contributed by atoms with Crippen LogP contribution >= 0.6 is 0 Å². The third-order valence-corrected chi connectivity index (χ3v) is 6.52. The van der Waals surface area contributed by atoms with Crippen molar-refractivity contribution < 1.29 is 23.9 Å². The van der Waals surface area contributed by atoms with E-state index in [1.807, 2.05) is 39.0 Å². The first kappa shape index (κ1) is 24.6. The quantitative estimate of drug-likeness (QED) is 0.631. The third-order valence-electron chi connectivity index (χ3n) is 6.52. The van der Waals surface area contributed by atoms with Gasteiger partial charge in [-0.15, -0.1) is 0 Å². The first-order chi connectivity index (χ1) is 16.8. The van der Waals surface area contributed by atoms with Crippen LogP contribution < -0.4 is 20.1 Å². The summed E-state index contributed by atoms with van der Waals surface area (Å²) < 4.78 is 10.7. The summed E-state index contributed by atoms with van der Waals surface area (Å²) in [6, 6.07) is 12.1. The molecular weight excluding hydrogens is 446 g/mol. The fraction of sp³-hybridized carbons (Fsp3) is 0.444. The number of rotatable bonds is 7. The predicted octanol–water partition coefficient (Wildman–Crippen LogP) is 3.75. The van der Waals surface area contributed by atoms with E-state index in [2.05, 4.69) is 10.6 Å². The smallest absolute Gasteiger partial charge is 0.252 e. The van der Waals surface area contributed by atoms with Crippen LogP contribution in [0.5, 0.6) is 11.5 Å². The summed E-state index contributed by atoms with van der Waals surface area (Å²) in [6.07, 6.45) is 1.70. The van der Waals surface area contributed by atoms with Gasteiger partial charge in [0.15, 0.2) is 11.5 Å². The van der Waals surface area contributed by atoms with Gasteiger partial charge < -0.3 is 25.0 Å². The van der Waals surface area contributed by atoms with E-state index < -0.39 is 6.04 Å². The maximum atomic E-state index is 13.3. The first-order valence-electron chi connectivity index (χ1n) is 12.2. The van der Waals surface area contributed by atoms with Gasteiger partial charge in [0.25, 0.3) is 5.91 Å². The Bertz CT molecular complexity index is 1090. The maximum absolute atomic E-state index is 13.3. The third kappa shape index (κ3) is 5.93. The van der Waals surface area contributed by atoms with Gasteiger partial charge in [-0.3, -0.25) is 14.4 Å². The molecule has 1 saturated heterocycles. The fourth-order valence-electron chi connectivity index (χ4n) is 4.56. The van der Waals surface area contributed by atoms with Gasteiger partial charge in [-0.2, -0.15) is 0 Å². The van der Waals surface area contributed by atoms with Crippen molar-refractivity contribution in [3.05, 3.63) is 53.6 Å². The predicted molar refractivity (Wildman–Crippen MR) is 132 cm³/mol. The molecule has 2 aromatic carbocycles. The summed E-state index contributed by atoms with van der Waals surface area (Å²) in [4.78, 5) is 40.8. The van der Waals surface area contributed by atoms with Gasteiger partial charge >= 0.3 is 0 Å². The molecule has 0 saturated carbocycles. The van der Waals surface area contributed by atoms with E-state index >= 15 is 0 Å². The number of anilines is 1. The number of hydrogen-bond donors (Lipinski definition) is 2. The molecule has 1 fully saturated rings. The van der Waals surface area contributed by atoms with E-state index in [1.165, 1.54) is 0 Å². The summed E-state index contributed by atoms with van der Waals surface area (Å²) in [6.45, 7) is 7.09. The number of amides is 3. The van der Waals surface area contributed by atoms with Gasteiger partial charge in [0.2, 0.25) is 18.6 Å². The van der Waals surface area contributed by atoms with E-state index in [0.29, 0.717) is 55.1 Å². The van der Waals surface area contributed by atoms with Crippen molar-refractivity contribution in [3.8, 4) is 11.5 Å². The number of carbonyl (C=O) groups is 3. The second kappa shape index (κ2) is 10.8. The molecule has 0 radical (unpaired) electrons. The van der Waals surface area contributed by atoms with Crippen molar-refractivity contribution in [1.82, 2.24) is 10.2 Å². The zero-order valence-corrected chi connectivity index (χ0v) is 20.5. The minimum absolute atomic E-state index is 0.0671. The van der Waals surface area contributed by atoms with Gasteiger partial charge in [-0.1, -0.05) is 32.0 Å². The molecule has 2 aliphatic heterocycles. The molecule has 8 nitrogen and oxygen atoms in total. The lowest BCUT2D eigenvalue weighted by Gasteiger charge is -2.34. The summed E-state index contributed by atoms with van der Waals surface area (Å²) in [5.74, 6) is 0.950. The molecule has 35 heavy (non-hydrogen) atoms. The highest BCUT2D eigenvalue weighted by molar-refractivity contribution is 5.98.